The van der Waals surface area contributed by atoms with Gasteiger partial charge >= 0.3 is 0 Å². The molecule has 5 heteroatoms. The summed E-state index contributed by atoms with van der Waals surface area (Å²) in [6.45, 7) is 4.22. The van der Waals surface area contributed by atoms with Crippen LogP contribution in [-0.2, 0) is 0 Å². The second-order valence-electron chi connectivity index (χ2n) is 2.19. The highest BCUT2D eigenvalue weighted by molar-refractivity contribution is 14.1. The van der Waals surface area contributed by atoms with Crippen molar-refractivity contribution in [2.24, 2.45) is 0 Å². The van der Waals surface area contributed by atoms with Crippen LogP contribution in [0.2, 0.25) is 0 Å². The smallest absolute Gasteiger partial charge is 0.214 e. The van der Waals surface area contributed by atoms with Crippen molar-refractivity contribution in [1.29, 1.82) is 0 Å². The molecule has 0 aliphatic heterocycles. The maximum Gasteiger partial charge on any atom is 0.214 e. The number of aromatic nitrogens is 2. The fourth-order valence-electron chi connectivity index (χ4n) is 0.506. The molecular weight excluding hydrogens is 261 g/mol. The van der Waals surface area contributed by atoms with E-state index in [2.05, 4.69) is 27.6 Å². The lowest BCUT2D eigenvalue weighted by Gasteiger charge is -1.92. The van der Waals surface area contributed by atoms with E-state index < -0.39 is 0 Å². The maximum absolute atomic E-state index is 3.99. The van der Waals surface area contributed by atoms with E-state index >= 15 is 0 Å². The summed E-state index contributed by atoms with van der Waals surface area (Å²) in [7, 11) is 0. The molecule has 1 rings (SSSR count). The first kappa shape index (κ1) is 8.19. The van der Waals surface area contributed by atoms with Crippen LogP contribution in [0.3, 0.4) is 0 Å². The second-order valence-corrected chi connectivity index (χ2v) is 3.74. The maximum atomic E-state index is 3.99. The third-order valence-corrected chi connectivity index (χ3v) is 3.03. The predicted octanol–water partition coefficient (Wildman–Crippen LogP) is 2.42. The summed E-state index contributed by atoms with van der Waals surface area (Å²) in [6.07, 6.45) is 0. The normalized spacial score (nSPS) is 10.4. The number of anilines is 1. The van der Waals surface area contributed by atoms with Gasteiger partial charge in [-0.2, -0.15) is 0 Å². The first-order chi connectivity index (χ1) is 4.74. The molecule has 1 N–H and O–H groups in total. The molecular formula is C5H8IN3S. The molecule has 10 heavy (non-hydrogen) atoms. The topological polar surface area (TPSA) is 37.8 Å². The Labute approximate surface area is 77.7 Å². The molecule has 0 amide bonds. The van der Waals surface area contributed by atoms with Crippen LogP contribution in [0.15, 0.2) is 0 Å². The fourth-order valence-corrected chi connectivity index (χ4v) is 1.58. The molecule has 0 unspecified atom stereocenters. The minimum Gasteiger partial charge on any atom is -0.303 e. The van der Waals surface area contributed by atoms with E-state index in [0.29, 0.717) is 5.92 Å². The van der Waals surface area contributed by atoms with Gasteiger partial charge in [-0.1, -0.05) is 25.2 Å². The van der Waals surface area contributed by atoms with Crippen LogP contribution in [0.5, 0.6) is 0 Å². The molecule has 1 aromatic rings. The van der Waals surface area contributed by atoms with Crippen LogP contribution in [0.1, 0.15) is 24.8 Å². The summed E-state index contributed by atoms with van der Waals surface area (Å²) in [6, 6.07) is 0. The summed E-state index contributed by atoms with van der Waals surface area (Å²) in [5, 5.41) is 9.86. The number of nitrogens with one attached hydrogen (secondary N) is 1. The van der Waals surface area contributed by atoms with Crippen LogP contribution >= 0.6 is 34.2 Å². The summed E-state index contributed by atoms with van der Waals surface area (Å²) >= 11 is 3.65. The Morgan fingerprint density at radius 3 is 2.50 bits per heavy atom. The summed E-state index contributed by atoms with van der Waals surface area (Å²) in [5.74, 6) is 0.482. The van der Waals surface area contributed by atoms with Gasteiger partial charge in [-0.15, -0.1) is 10.2 Å². The third kappa shape index (κ3) is 1.79. The Bertz CT molecular complexity index is 210. The molecule has 0 aliphatic carbocycles. The average Bonchev–Trinajstić information content (AvgIpc) is 2.34. The van der Waals surface area contributed by atoms with E-state index in [1.165, 1.54) is 0 Å². The minimum absolute atomic E-state index is 0.482. The molecule has 0 saturated heterocycles. The molecule has 0 spiro atoms. The Kier molecular flexibility index (Phi) is 2.84. The molecule has 56 valence electrons. The standard InChI is InChI=1S/C5H8IN3S/c1-3(2)4-8-9-5(7-6)10-4/h3H,1-2H3,(H,7,9). The van der Waals surface area contributed by atoms with Gasteiger partial charge in [0, 0.05) is 5.92 Å². The molecule has 0 aromatic carbocycles. The van der Waals surface area contributed by atoms with Gasteiger partial charge in [-0.3, -0.25) is 0 Å². The van der Waals surface area contributed by atoms with Gasteiger partial charge in [0.05, 0.1) is 22.9 Å². The lowest BCUT2D eigenvalue weighted by atomic mass is 10.2. The van der Waals surface area contributed by atoms with E-state index in [1.807, 2.05) is 22.9 Å². The van der Waals surface area contributed by atoms with Crippen molar-refractivity contribution in [2.45, 2.75) is 19.8 Å². The molecule has 1 heterocycles. The Morgan fingerprint density at radius 1 is 1.50 bits per heavy atom. The monoisotopic (exact) mass is 269 g/mol. The molecule has 3 nitrogen and oxygen atoms in total. The lowest BCUT2D eigenvalue weighted by molar-refractivity contribution is 0.826. The van der Waals surface area contributed by atoms with Crippen molar-refractivity contribution >= 4 is 39.3 Å². The summed E-state index contributed by atoms with van der Waals surface area (Å²) in [5.41, 5.74) is 0. The van der Waals surface area contributed by atoms with Gasteiger partial charge in [0.25, 0.3) is 0 Å². The van der Waals surface area contributed by atoms with E-state index in [0.717, 1.165) is 10.1 Å². The Hall–Kier alpha value is 0.0900. The number of hydrogen-bond donors (Lipinski definition) is 1. The quantitative estimate of drug-likeness (QED) is 0.661. The molecule has 0 aliphatic rings. The molecule has 1 aromatic heterocycles. The average molecular weight is 269 g/mol. The van der Waals surface area contributed by atoms with E-state index in [4.69, 9.17) is 0 Å². The van der Waals surface area contributed by atoms with Gasteiger partial charge in [0.2, 0.25) is 5.13 Å². The highest BCUT2D eigenvalue weighted by atomic mass is 127. The largest absolute Gasteiger partial charge is 0.303 e. The van der Waals surface area contributed by atoms with Crippen LogP contribution in [0.4, 0.5) is 5.13 Å². The highest BCUT2D eigenvalue weighted by Crippen LogP contribution is 2.22. The molecule has 0 fully saturated rings. The van der Waals surface area contributed by atoms with Crippen molar-refractivity contribution in [2.75, 3.05) is 3.53 Å². The highest BCUT2D eigenvalue weighted by Gasteiger charge is 2.05. The Morgan fingerprint density at radius 2 is 2.20 bits per heavy atom. The summed E-state index contributed by atoms with van der Waals surface area (Å²) in [4.78, 5) is 0. The van der Waals surface area contributed by atoms with Crippen molar-refractivity contribution in [3.8, 4) is 0 Å². The van der Waals surface area contributed by atoms with Crippen LogP contribution in [-0.4, -0.2) is 10.2 Å². The zero-order chi connectivity index (χ0) is 7.56. The Balaban J connectivity index is 2.78. The van der Waals surface area contributed by atoms with Crippen LogP contribution < -0.4 is 3.53 Å². The van der Waals surface area contributed by atoms with Crippen molar-refractivity contribution < 1.29 is 0 Å². The van der Waals surface area contributed by atoms with Gasteiger partial charge < -0.3 is 3.53 Å². The fraction of sp³-hybridized carbons (Fsp3) is 0.600. The number of nitrogens with zero attached hydrogens (tertiary/aromatic N) is 2. The van der Waals surface area contributed by atoms with Gasteiger partial charge in [0.1, 0.15) is 5.01 Å². The van der Waals surface area contributed by atoms with E-state index in [9.17, 15) is 0 Å². The molecule has 0 bridgehead atoms. The third-order valence-electron chi connectivity index (χ3n) is 1.02. The van der Waals surface area contributed by atoms with E-state index in [1.54, 1.807) is 11.3 Å². The van der Waals surface area contributed by atoms with Crippen molar-refractivity contribution in [1.82, 2.24) is 10.2 Å². The van der Waals surface area contributed by atoms with Gasteiger partial charge in [-0.25, -0.2) is 0 Å². The van der Waals surface area contributed by atoms with E-state index in [-0.39, 0.29) is 0 Å². The first-order valence-corrected chi connectivity index (χ1v) is 4.83. The molecule has 0 radical (unpaired) electrons. The van der Waals surface area contributed by atoms with Crippen molar-refractivity contribution in [3.05, 3.63) is 5.01 Å². The molecule has 0 atom stereocenters. The van der Waals surface area contributed by atoms with Gasteiger partial charge in [0.15, 0.2) is 0 Å². The second kappa shape index (κ2) is 3.47. The number of rotatable bonds is 2. The summed E-state index contributed by atoms with van der Waals surface area (Å²) < 4.78 is 2.92. The van der Waals surface area contributed by atoms with Crippen LogP contribution in [0, 0.1) is 0 Å². The zero-order valence-corrected chi connectivity index (χ0v) is 8.73. The first-order valence-electron chi connectivity index (χ1n) is 2.94. The lowest BCUT2D eigenvalue weighted by Crippen LogP contribution is -1.83. The number of halogens is 1. The zero-order valence-electron chi connectivity index (χ0n) is 5.76. The SMILES string of the molecule is CC(C)c1nnc(NI)s1. The van der Waals surface area contributed by atoms with Crippen molar-refractivity contribution in [3.63, 3.8) is 0 Å². The van der Waals surface area contributed by atoms with Gasteiger partial charge in [-0.05, 0) is 0 Å². The van der Waals surface area contributed by atoms with Crippen LogP contribution in [0.25, 0.3) is 0 Å². The minimum atomic E-state index is 0.482. The molecule has 0 saturated carbocycles. The number of hydrogen-bond acceptors (Lipinski definition) is 4. The predicted molar refractivity (Wildman–Crippen MR) is 51.6 cm³/mol.